The quantitative estimate of drug-likeness (QED) is 0.257. The molecule has 2 aromatic carbocycles. The van der Waals surface area contributed by atoms with Gasteiger partial charge in [-0.05, 0) is 80.1 Å². The van der Waals surface area contributed by atoms with Gasteiger partial charge in [0.05, 0.1) is 18.1 Å². The van der Waals surface area contributed by atoms with Crippen LogP contribution in [0.15, 0.2) is 71.9 Å². The largest absolute Gasteiger partial charge is 0.489 e. The van der Waals surface area contributed by atoms with Gasteiger partial charge in [0.2, 0.25) is 0 Å². The molecule has 1 saturated heterocycles. The number of aryl methyl sites for hydroxylation is 1. The Balaban J connectivity index is 1.17. The fraction of sp³-hybridized carbons (Fsp3) is 0.276. The molecule has 2 bridgehead atoms. The minimum absolute atomic E-state index is 0.166. The molecule has 0 spiro atoms. The van der Waals surface area contributed by atoms with Gasteiger partial charge in [-0.25, -0.2) is 0 Å². The average molecular weight is 500 g/mol. The van der Waals surface area contributed by atoms with Crippen molar-refractivity contribution in [2.75, 3.05) is 0 Å². The Labute approximate surface area is 214 Å². The van der Waals surface area contributed by atoms with Gasteiger partial charge in [0.15, 0.2) is 0 Å². The Hall–Kier alpha value is -3.64. The highest BCUT2D eigenvalue weighted by atomic mass is 35.5. The predicted octanol–water partition coefficient (Wildman–Crippen LogP) is 5.47. The highest BCUT2D eigenvalue weighted by Crippen LogP contribution is 2.52. The molecule has 6 nitrogen and oxygen atoms in total. The fourth-order valence-corrected chi connectivity index (χ4v) is 6.00. The number of halogens is 1. The lowest BCUT2D eigenvalue weighted by atomic mass is 9.85. The minimum Gasteiger partial charge on any atom is -0.489 e. The molecule has 2 fully saturated rings. The second-order valence-electron chi connectivity index (χ2n) is 9.80. The van der Waals surface area contributed by atoms with Crippen molar-refractivity contribution in [2.24, 2.45) is 28.8 Å². The second kappa shape index (κ2) is 8.79. The SMILES string of the molecule is Cc1cc(C=NN2C(=O)C3C4C=CC(C4)C3C2=O)c(C)n1-c1ccc(OCc2ccc(Cl)cc2)cc1. The van der Waals surface area contributed by atoms with Crippen molar-refractivity contribution in [2.45, 2.75) is 26.9 Å². The maximum Gasteiger partial charge on any atom is 0.254 e. The molecule has 3 aromatic rings. The maximum absolute atomic E-state index is 12.9. The second-order valence-corrected chi connectivity index (χ2v) is 10.2. The first-order valence-corrected chi connectivity index (χ1v) is 12.6. The predicted molar refractivity (Wildman–Crippen MR) is 138 cm³/mol. The fourth-order valence-electron chi connectivity index (χ4n) is 5.87. The molecule has 2 aliphatic carbocycles. The van der Waals surface area contributed by atoms with E-state index < -0.39 is 0 Å². The van der Waals surface area contributed by atoms with E-state index in [1.54, 1.807) is 6.21 Å². The highest BCUT2D eigenvalue weighted by Gasteiger charge is 2.59. The Morgan fingerprint density at radius 2 is 1.61 bits per heavy atom. The Bertz CT molecular complexity index is 1370. The molecule has 182 valence electrons. The van der Waals surface area contributed by atoms with Crippen molar-refractivity contribution in [3.05, 3.63) is 94.3 Å². The average Bonchev–Trinajstić information content (AvgIpc) is 3.62. The number of amides is 2. The van der Waals surface area contributed by atoms with Crippen molar-refractivity contribution in [1.82, 2.24) is 9.58 Å². The molecule has 6 rings (SSSR count). The first-order chi connectivity index (χ1) is 17.4. The van der Waals surface area contributed by atoms with E-state index in [1.165, 1.54) is 0 Å². The monoisotopic (exact) mass is 499 g/mol. The summed E-state index contributed by atoms with van der Waals surface area (Å²) in [6.45, 7) is 4.49. The van der Waals surface area contributed by atoms with Gasteiger partial charge in [-0.2, -0.15) is 10.1 Å². The van der Waals surface area contributed by atoms with Gasteiger partial charge in [0, 0.05) is 27.7 Å². The number of aromatic nitrogens is 1. The van der Waals surface area contributed by atoms with E-state index in [2.05, 4.69) is 21.8 Å². The molecular formula is C29H26ClN3O3. The third kappa shape index (κ3) is 3.77. The molecule has 4 atom stereocenters. The number of carbonyl (C=O) groups excluding carboxylic acids is 2. The van der Waals surface area contributed by atoms with Crippen LogP contribution in [0.5, 0.6) is 5.75 Å². The van der Waals surface area contributed by atoms with Crippen LogP contribution in [0.3, 0.4) is 0 Å². The summed E-state index contributed by atoms with van der Waals surface area (Å²) in [5.41, 5.74) is 4.92. The van der Waals surface area contributed by atoms with Gasteiger partial charge in [0.25, 0.3) is 11.8 Å². The summed E-state index contributed by atoms with van der Waals surface area (Å²) in [6, 6.07) is 17.5. The summed E-state index contributed by atoms with van der Waals surface area (Å²) in [7, 11) is 0. The lowest BCUT2D eigenvalue weighted by Gasteiger charge is -2.13. The van der Waals surface area contributed by atoms with Crippen LogP contribution in [0.2, 0.25) is 5.02 Å². The first kappa shape index (κ1) is 22.8. The van der Waals surface area contributed by atoms with Crippen molar-refractivity contribution in [1.29, 1.82) is 0 Å². The van der Waals surface area contributed by atoms with Crippen LogP contribution in [-0.4, -0.2) is 27.6 Å². The summed E-state index contributed by atoms with van der Waals surface area (Å²) in [6.07, 6.45) is 6.72. The summed E-state index contributed by atoms with van der Waals surface area (Å²) >= 11 is 5.94. The van der Waals surface area contributed by atoms with Crippen molar-refractivity contribution in [3.8, 4) is 11.4 Å². The molecule has 1 saturated carbocycles. The zero-order valence-electron chi connectivity index (χ0n) is 20.1. The number of fused-ring (bicyclic) bond motifs is 5. The number of nitrogens with zero attached hydrogens (tertiary/aromatic N) is 3. The van der Waals surface area contributed by atoms with Crippen molar-refractivity contribution >= 4 is 29.6 Å². The number of carbonyl (C=O) groups is 2. The minimum atomic E-state index is -0.238. The first-order valence-electron chi connectivity index (χ1n) is 12.2. The van der Waals surface area contributed by atoms with Gasteiger partial charge < -0.3 is 9.30 Å². The van der Waals surface area contributed by atoms with Crippen LogP contribution in [0, 0.1) is 37.5 Å². The van der Waals surface area contributed by atoms with Crippen LogP contribution in [0.1, 0.15) is 28.9 Å². The molecule has 0 N–H and O–H groups in total. The van der Waals surface area contributed by atoms with Crippen molar-refractivity contribution in [3.63, 3.8) is 0 Å². The highest BCUT2D eigenvalue weighted by molar-refractivity contribution is 6.30. The molecule has 7 heteroatoms. The number of ether oxygens (including phenoxy) is 1. The topological polar surface area (TPSA) is 63.9 Å². The third-order valence-corrected chi connectivity index (χ3v) is 7.90. The molecule has 3 aliphatic rings. The number of allylic oxidation sites excluding steroid dienone is 2. The van der Waals surface area contributed by atoms with E-state index in [0.717, 1.165) is 45.4 Å². The summed E-state index contributed by atoms with van der Waals surface area (Å²) in [4.78, 5) is 25.8. The number of rotatable bonds is 6. The van der Waals surface area contributed by atoms with E-state index >= 15 is 0 Å². The number of hydrogen-bond acceptors (Lipinski definition) is 4. The van der Waals surface area contributed by atoms with Crippen molar-refractivity contribution < 1.29 is 14.3 Å². The number of imide groups is 1. The Morgan fingerprint density at radius 1 is 0.972 bits per heavy atom. The smallest absolute Gasteiger partial charge is 0.254 e. The lowest BCUT2D eigenvalue weighted by Crippen LogP contribution is -2.28. The number of hydrogen-bond donors (Lipinski definition) is 0. The number of hydrazone groups is 1. The van der Waals surface area contributed by atoms with Crippen LogP contribution < -0.4 is 4.74 Å². The van der Waals surface area contributed by atoms with Crippen LogP contribution >= 0.6 is 11.6 Å². The molecular weight excluding hydrogens is 474 g/mol. The molecule has 2 amide bonds. The third-order valence-electron chi connectivity index (χ3n) is 7.64. The molecule has 1 aromatic heterocycles. The van der Waals surface area contributed by atoms with E-state index in [4.69, 9.17) is 16.3 Å². The van der Waals surface area contributed by atoms with E-state index in [0.29, 0.717) is 11.6 Å². The molecule has 0 radical (unpaired) electrons. The van der Waals surface area contributed by atoms with Gasteiger partial charge in [-0.15, -0.1) is 0 Å². The molecule has 1 aliphatic heterocycles. The van der Waals surface area contributed by atoms with Gasteiger partial charge >= 0.3 is 0 Å². The standard InChI is InChI=1S/C29H26ClN3O3/c1-17-13-22(15-31-33-28(34)26-20-5-6-21(14-20)27(26)29(33)35)18(2)32(17)24-9-11-25(12-10-24)36-16-19-3-7-23(30)8-4-19/h3-13,15,20-21,26-27H,14,16H2,1-2H3. The lowest BCUT2D eigenvalue weighted by molar-refractivity contribution is -0.140. The number of benzene rings is 2. The van der Waals surface area contributed by atoms with Crippen LogP contribution in [0.4, 0.5) is 0 Å². The van der Waals surface area contributed by atoms with Gasteiger partial charge in [0.1, 0.15) is 12.4 Å². The van der Waals surface area contributed by atoms with Gasteiger partial charge in [-0.3, -0.25) is 9.59 Å². The Morgan fingerprint density at radius 3 is 2.25 bits per heavy atom. The molecule has 4 unspecified atom stereocenters. The zero-order chi connectivity index (χ0) is 25.0. The normalized spacial score (nSPS) is 24.4. The molecule has 36 heavy (non-hydrogen) atoms. The van der Waals surface area contributed by atoms with E-state index in [-0.39, 0.29) is 35.5 Å². The van der Waals surface area contributed by atoms with Gasteiger partial charge in [-0.1, -0.05) is 35.9 Å². The zero-order valence-corrected chi connectivity index (χ0v) is 20.9. The van der Waals surface area contributed by atoms with Crippen LogP contribution in [0.25, 0.3) is 5.69 Å². The molecule has 2 heterocycles. The van der Waals surface area contributed by atoms with E-state index in [1.807, 2.05) is 68.4 Å². The summed E-state index contributed by atoms with van der Waals surface area (Å²) < 4.78 is 8.03. The summed E-state index contributed by atoms with van der Waals surface area (Å²) in [5, 5.41) is 6.16. The maximum atomic E-state index is 12.9. The van der Waals surface area contributed by atoms with E-state index in [9.17, 15) is 9.59 Å². The summed E-state index contributed by atoms with van der Waals surface area (Å²) in [5.74, 6) is 0.329. The van der Waals surface area contributed by atoms with Crippen LogP contribution in [-0.2, 0) is 16.2 Å². The Kier molecular flexibility index (Phi) is 5.56.